The van der Waals surface area contributed by atoms with Crippen molar-refractivity contribution >= 4 is 23.4 Å². The molecule has 0 saturated heterocycles. The normalized spacial score (nSPS) is 14.8. The Bertz CT molecular complexity index is 300. The molecule has 90 valence electrons. The first kappa shape index (κ1) is 13.8. The molecule has 0 radical (unpaired) electrons. The first-order valence-corrected chi connectivity index (χ1v) is 6.95. The molecule has 0 saturated carbocycles. The van der Waals surface area contributed by atoms with Gasteiger partial charge in [-0.2, -0.15) is 11.8 Å². The highest BCUT2D eigenvalue weighted by molar-refractivity contribution is 7.99. The van der Waals surface area contributed by atoms with Crippen molar-refractivity contribution in [1.29, 1.82) is 0 Å². The Morgan fingerprint density at radius 3 is 2.50 bits per heavy atom. The summed E-state index contributed by atoms with van der Waals surface area (Å²) in [7, 11) is 0. The van der Waals surface area contributed by atoms with Crippen LogP contribution < -0.4 is 5.32 Å². The molecular formula is C12H18ClNOS. The van der Waals surface area contributed by atoms with E-state index in [4.69, 9.17) is 16.7 Å². The summed E-state index contributed by atoms with van der Waals surface area (Å²) in [6.07, 6.45) is 2.02. The zero-order valence-electron chi connectivity index (χ0n) is 9.61. The molecule has 1 aromatic rings. The van der Waals surface area contributed by atoms with E-state index in [0.29, 0.717) is 0 Å². The molecule has 2 nitrogen and oxygen atoms in total. The summed E-state index contributed by atoms with van der Waals surface area (Å²) >= 11 is 7.49. The zero-order valence-corrected chi connectivity index (χ0v) is 11.2. The summed E-state index contributed by atoms with van der Waals surface area (Å²) in [4.78, 5) is 0. The van der Waals surface area contributed by atoms with E-state index in [9.17, 15) is 0 Å². The molecule has 2 atom stereocenters. The SMILES string of the molecule is CSC(CO)C(C)NCc1ccc(Cl)cc1. The fourth-order valence-corrected chi connectivity index (χ4v) is 2.23. The highest BCUT2D eigenvalue weighted by Gasteiger charge is 2.13. The van der Waals surface area contributed by atoms with Crippen molar-refractivity contribution in [2.75, 3.05) is 12.9 Å². The Labute approximate surface area is 106 Å². The van der Waals surface area contributed by atoms with Crippen molar-refractivity contribution < 1.29 is 5.11 Å². The fraction of sp³-hybridized carbons (Fsp3) is 0.500. The number of hydrogen-bond donors (Lipinski definition) is 2. The van der Waals surface area contributed by atoms with Crippen molar-refractivity contribution in [1.82, 2.24) is 5.32 Å². The summed E-state index contributed by atoms with van der Waals surface area (Å²) in [6, 6.07) is 8.09. The van der Waals surface area contributed by atoms with Crippen LogP contribution in [0.5, 0.6) is 0 Å². The minimum absolute atomic E-state index is 0.204. The highest BCUT2D eigenvalue weighted by atomic mass is 35.5. The average Bonchev–Trinajstić information content (AvgIpc) is 2.30. The largest absolute Gasteiger partial charge is 0.395 e. The van der Waals surface area contributed by atoms with E-state index in [1.807, 2.05) is 30.5 Å². The summed E-state index contributed by atoms with van der Waals surface area (Å²) in [6.45, 7) is 3.10. The maximum absolute atomic E-state index is 9.15. The molecule has 2 unspecified atom stereocenters. The Kier molecular flexibility index (Phi) is 6.21. The highest BCUT2D eigenvalue weighted by Crippen LogP contribution is 2.12. The van der Waals surface area contributed by atoms with Crippen LogP contribution in [0, 0.1) is 0 Å². The van der Waals surface area contributed by atoms with Gasteiger partial charge in [-0.3, -0.25) is 0 Å². The van der Waals surface area contributed by atoms with Crippen LogP contribution >= 0.6 is 23.4 Å². The third-order valence-electron chi connectivity index (χ3n) is 2.58. The van der Waals surface area contributed by atoms with E-state index in [1.165, 1.54) is 5.56 Å². The van der Waals surface area contributed by atoms with E-state index in [2.05, 4.69) is 12.2 Å². The van der Waals surface area contributed by atoms with Crippen LogP contribution in [0.2, 0.25) is 5.02 Å². The van der Waals surface area contributed by atoms with Crippen molar-refractivity contribution in [2.24, 2.45) is 0 Å². The van der Waals surface area contributed by atoms with Gasteiger partial charge in [0, 0.05) is 22.9 Å². The van der Waals surface area contributed by atoms with Gasteiger partial charge >= 0.3 is 0 Å². The second-order valence-corrected chi connectivity index (χ2v) is 5.27. The van der Waals surface area contributed by atoms with Crippen LogP contribution in [0.4, 0.5) is 0 Å². The second-order valence-electron chi connectivity index (χ2n) is 3.75. The van der Waals surface area contributed by atoms with Gasteiger partial charge < -0.3 is 10.4 Å². The molecule has 2 N–H and O–H groups in total. The topological polar surface area (TPSA) is 32.3 Å². The van der Waals surface area contributed by atoms with Gasteiger partial charge in [0.15, 0.2) is 0 Å². The summed E-state index contributed by atoms with van der Waals surface area (Å²) in [5.74, 6) is 0. The molecule has 16 heavy (non-hydrogen) atoms. The van der Waals surface area contributed by atoms with Crippen molar-refractivity contribution in [3.05, 3.63) is 34.9 Å². The lowest BCUT2D eigenvalue weighted by atomic mass is 10.2. The lowest BCUT2D eigenvalue weighted by molar-refractivity contribution is 0.276. The standard InChI is InChI=1S/C12H18ClNOS/c1-9(12(8-15)16-2)14-7-10-3-5-11(13)6-4-10/h3-6,9,12,14-15H,7-8H2,1-2H3. The predicted molar refractivity (Wildman–Crippen MR) is 72.1 cm³/mol. The Hall–Kier alpha value is -0.220. The minimum atomic E-state index is 0.204. The molecular weight excluding hydrogens is 242 g/mol. The van der Waals surface area contributed by atoms with Crippen molar-refractivity contribution in [3.8, 4) is 0 Å². The monoisotopic (exact) mass is 259 g/mol. The zero-order chi connectivity index (χ0) is 12.0. The first-order chi connectivity index (χ1) is 7.67. The molecule has 1 rings (SSSR count). The van der Waals surface area contributed by atoms with Gasteiger partial charge in [0.25, 0.3) is 0 Å². The lowest BCUT2D eigenvalue weighted by Crippen LogP contribution is -2.37. The third-order valence-corrected chi connectivity index (χ3v) is 4.00. The van der Waals surface area contributed by atoms with Crippen LogP contribution in [-0.4, -0.2) is 29.3 Å². The molecule has 0 spiro atoms. The van der Waals surface area contributed by atoms with Crippen LogP contribution in [-0.2, 0) is 6.54 Å². The minimum Gasteiger partial charge on any atom is -0.395 e. The predicted octanol–water partition coefficient (Wildman–Crippen LogP) is 2.54. The van der Waals surface area contributed by atoms with Gasteiger partial charge in [-0.15, -0.1) is 0 Å². The van der Waals surface area contributed by atoms with Crippen LogP contribution in [0.15, 0.2) is 24.3 Å². The van der Waals surface area contributed by atoms with E-state index in [0.717, 1.165) is 11.6 Å². The quantitative estimate of drug-likeness (QED) is 0.824. The molecule has 1 aromatic carbocycles. The number of halogens is 1. The Morgan fingerprint density at radius 1 is 1.38 bits per heavy atom. The van der Waals surface area contributed by atoms with Gasteiger partial charge in [0.05, 0.1) is 6.61 Å². The van der Waals surface area contributed by atoms with E-state index >= 15 is 0 Å². The molecule has 0 heterocycles. The number of rotatable bonds is 6. The molecule has 0 aliphatic carbocycles. The lowest BCUT2D eigenvalue weighted by Gasteiger charge is -2.21. The number of nitrogens with one attached hydrogen (secondary N) is 1. The molecule has 0 aliphatic heterocycles. The molecule has 0 amide bonds. The number of thioether (sulfide) groups is 1. The molecule has 0 bridgehead atoms. The molecule has 0 fully saturated rings. The van der Waals surface area contributed by atoms with Crippen LogP contribution in [0.1, 0.15) is 12.5 Å². The number of aliphatic hydroxyl groups is 1. The van der Waals surface area contributed by atoms with Crippen LogP contribution in [0.3, 0.4) is 0 Å². The maximum Gasteiger partial charge on any atom is 0.0564 e. The third kappa shape index (κ3) is 4.34. The smallest absolute Gasteiger partial charge is 0.0564 e. The number of benzene rings is 1. The van der Waals surface area contributed by atoms with Gasteiger partial charge in [0.1, 0.15) is 0 Å². The summed E-state index contributed by atoms with van der Waals surface area (Å²) < 4.78 is 0. The fourth-order valence-electron chi connectivity index (χ4n) is 1.45. The van der Waals surface area contributed by atoms with E-state index in [1.54, 1.807) is 11.8 Å². The van der Waals surface area contributed by atoms with Gasteiger partial charge in [0.2, 0.25) is 0 Å². The second kappa shape index (κ2) is 7.17. The van der Waals surface area contributed by atoms with Crippen molar-refractivity contribution in [2.45, 2.75) is 24.8 Å². The Balaban J connectivity index is 2.42. The van der Waals surface area contributed by atoms with E-state index in [-0.39, 0.29) is 17.9 Å². The average molecular weight is 260 g/mol. The van der Waals surface area contributed by atoms with E-state index < -0.39 is 0 Å². The first-order valence-electron chi connectivity index (χ1n) is 5.29. The summed E-state index contributed by atoms with van der Waals surface area (Å²) in [5, 5.41) is 13.5. The number of aliphatic hydroxyl groups excluding tert-OH is 1. The van der Waals surface area contributed by atoms with Crippen molar-refractivity contribution in [3.63, 3.8) is 0 Å². The molecule has 0 aromatic heterocycles. The molecule has 4 heteroatoms. The molecule has 0 aliphatic rings. The summed E-state index contributed by atoms with van der Waals surface area (Å²) in [5.41, 5.74) is 1.20. The van der Waals surface area contributed by atoms with Gasteiger partial charge in [-0.05, 0) is 30.9 Å². The number of hydrogen-bond acceptors (Lipinski definition) is 3. The maximum atomic E-state index is 9.15. The van der Waals surface area contributed by atoms with Gasteiger partial charge in [-0.1, -0.05) is 23.7 Å². The van der Waals surface area contributed by atoms with Crippen LogP contribution in [0.25, 0.3) is 0 Å². The van der Waals surface area contributed by atoms with Gasteiger partial charge in [-0.25, -0.2) is 0 Å². The Morgan fingerprint density at radius 2 is 2.00 bits per heavy atom.